The van der Waals surface area contributed by atoms with Crippen LogP contribution in [0.4, 0.5) is 5.69 Å². The van der Waals surface area contributed by atoms with Gasteiger partial charge in [0.15, 0.2) is 5.71 Å². The number of nitrogens with zero attached hydrogens (tertiary/aromatic N) is 4. The Bertz CT molecular complexity index is 1110. The van der Waals surface area contributed by atoms with Gasteiger partial charge in [-0.1, -0.05) is 60.7 Å². The molecule has 0 aromatic heterocycles. The van der Waals surface area contributed by atoms with Gasteiger partial charge in [0.25, 0.3) is 5.91 Å². The molecule has 0 radical (unpaired) electrons. The Morgan fingerprint density at radius 1 is 0.929 bits per heavy atom. The van der Waals surface area contributed by atoms with Gasteiger partial charge >= 0.3 is 0 Å². The first-order valence-corrected chi connectivity index (χ1v) is 8.82. The van der Waals surface area contributed by atoms with Crippen LogP contribution in [0.5, 0.6) is 0 Å². The Labute approximate surface area is 162 Å². The fourth-order valence-corrected chi connectivity index (χ4v) is 3.08. The Kier molecular flexibility index (Phi) is 4.77. The smallest absolute Gasteiger partial charge is 0.279 e. The number of hydrogen-bond donors (Lipinski definition) is 0. The number of fused-ring (bicyclic) bond motifs is 1. The first-order valence-electron chi connectivity index (χ1n) is 8.82. The van der Waals surface area contributed by atoms with E-state index < -0.39 is 0 Å². The maximum absolute atomic E-state index is 13.0. The third kappa shape index (κ3) is 3.44. The minimum atomic E-state index is -0.165. The number of carbonyl (C=O) groups excluding carboxylic acids is 1. The fourth-order valence-electron chi connectivity index (χ4n) is 3.08. The highest BCUT2D eigenvalue weighted by atomic mass is 16.2. The monoisotopic (exact) mass is 364 g/mol. The number of anilines is 1. The van der Waals surface area contributed by atoms with Gasteiger partial charge in [0, 0.05) is 5.56 Å². The zero-order valence-corrected chi connectivity index (χ0v) is 15.0. The number of benzene rings is 3. The molecule has 0 fully saturated rings. The molecule has 0 N–H and O–H groups in total. The highest BCUT2D eigenvalue weighted by Crippen LogP contribution is 2.30. The molecule has 0 atom stereocenters. The molecule has 5 heteroatoms. The summed E-state index contributed by atoms with van der Waals surface area (Å²) in [6.07, 6.45) is 1.57. The van der Waals surface area contributed by atoms with Crippen molar-refractivity contribution >= 4 is 23.5 Å². The van der Waals surface area contributed by atoms with Crippen LogP contribution in [0.2, 0.25) is 0 Å². The lowest BCUT2D eigenvalue weighted by Crippen LogP contribution is -2.29. The summed E-state index contributed by atoms with van der Waals surface area (Å²) in [7, 11) is 0. The van der Waals surface area contributed by atoms with E-state index in [-0.39, 0.29) is 5.91 Å². The largest absolute Gasteiger partial charge is 0.302 e. The van der Waals surface area contributed by atoms with E-state index in [4.69, 9.17) is 5.26 Å². The average Bonchev–Trinajstić information content (AvgIpc) is 3.01. The van der Waals surface area contributed by atoms with Gasteiger partial charge in [-0.25, -0.2) is 0 Å². The van der Waals surface area contributed by atoms with Crippen molar-refractivity contribution in [2.24, 2.45) is 10.2 Å². The van der Waals surface area contributed by atoms with E-state index in [2.05, 4.69) is 16.3 Å². The number of amides is 1. The van der Waals surface area contributed by atoms with Gasteiger partial charge in [-0.15, -0.1) is 5.10 Å². The predicted molar refractivity (Wildman–Crippen MR) is 109 cm³/mol. The number of rotatable bonds is 4. The number of para-hydroxylation sites is 1. The quantitative estimate of drug-likeness (QED) is 0.520. The zero-order chi connectivity index (χ0) is 19.3. The van der Waals surface area contributed by atoms with Crippen molar-refractivity contribution in [3.8, 4) is 6.07 Å². The Morgan fingerprint density at radius 3 is 2.39 bits per heavy atom. The maximum atomic E-state index is 13.0. The van der Waals surface area contributed by atoms with E-state index in [9.17, 15) is 4.79 Å². The molecule has 3 aromatic carbocycles. The van der Waals surface area contributed by atoms with E-state index in [1.165, 1.54) is 0 Å². The number of carbonyl (C=O) groups is 1. The van der Waals surface area contributed by atoms with Gasteiger partial charge in [0.05, 0.1) is 30.1 Å². The molecule has 0 saturated carbocycles. The van der Waals surface area contributed by atoms with E-state index in [1.54, 1.807) is 35.4 Å². The summed E-state index contributed by atoms with van der Waals surface area (Å²) in [6.45, 7) is 0.481. The molecule has 1 heterocycles. The van der Waals surface area contributed by atoms with Crippen LogP contribution in [0, 0.1) is 11.3 Å². The van der Waals surface area contributed by atoms with Crippen molar-refractivity contribution in [2.75, 3.05) is 4.90 Å². The van der Waals surface area contributed by atoms with Crippen molar-refractivity contribution in [3.63, 3.8) is 0 Å². The summed E-state index contributed by atoms with van der Waals surface area (Å²) < 4.78 is 0. The number of hydrogen-bond acceptors (Lipinski definition) is 4. The summed E-state index contributed by atoms with van der Waals surface area (Å²) in [5.41, 5.74) is 4.39. The summed E-state index contributed by atoms with van der Waals surface area (Å²) in [5, 5.41) is 17.2. The van der Waals surface area contributed by atoms with E-state index in [1.807, 2.05) is 54.6 Å². The van der Waals surface area contributed by atoms with Crippen LogP contribution in [0.3, 0.4) is 0 Å². The average molecular weight is 364 g/mol. The van der Waals surface area contributed by atoms with Gasteiger partial charge in [-0.2, -0.15) is 10.4 Å². The molecular formula is C23H16N4O. The summed E-state index contributed by atoms with van der Waals surface area (Å²) in [4.78, 5) is 14.7. The van der Waals surface area contributed by atoms with E-state index in [0.29, 0.717) is 17.8 Å². The van der Waals surface area contributed by atoms with Gasteiger partial charge in [0.2, 0.25) is 0 Å². The molecule has 28 heavy (non-hydrogen) atoms. The first-order chi connectivity index (χ1) is 13.8. The van der Waals surface area contributed by atoms with Crippen LogP contribution in [0.15, 0.2) is 89.1 Å². The van der Waals surface area contributed by atoms with Crippen molar-refractivity contribution in [1.29, 1.82) is 5.26 Å². The second kappa shape index (κ2) is 7.68. The summed E-state index contributed by atoms with van der Waals surface area (Å²) in [6, 6.07) is 26.5. The number of nitriles is 1. The first kappa shape index (κ1) is 17.4. The Morgan fingerprint density at radius 2 is 1.64 bits per heavy atom. The zero-order valence-electron chi connectivity index (χ0n) is 15.0. The minimum Gasteiger partial charge on any atom is -0.302 e. The normalized spacial score (nSPS) is 14.5. The maximum Gasteiger partial charge on any atom is 0.279 e. The second-order valence-corrected chi connectivity index (χ2v) is 6.32. The van der Waals surface area contributed by atoms with Gasteiger partial charge in [0.1, 0.15) is 0 Å². The molecule has 0 aliphatic carbocycles. The predicted octanol–water partition coefficient (Wildman–Crippen LogP) is 3.93. The van der Waals surface area contributed by atoms with Crippen molar-refractivity contribution < 1.29 is 4.79 Å². The lowest BCUT2D eigenvalue weighted by molar-refractivity contribution is -0.112. The highest BCUT2D eigenvalue weighted by Gasteiger charge is 2.33. The summed E-state index contributed by atoms with van der Waals surface area (Å²) in [5.74, 6) is -0.165. The van der Waals surface area contributed by atoms with Gasteiger partial charge in [-0.3, -0.25) is 4.79 Å². The lowest BCUT2D eigenvalue weighted by Gasteiger charge is -2.16. The lowest BCUT2D eigenvalue weighted by atomic mass is 10.1. The molecule has 134 valence electrons. The van der Waals surface area contributed by atoms with Crippen LogP contribution in [0.25, 0.3) is 0 Å². The third-order valence-electron chi connectivity index (χ3n) is 4.49. The SMILES string of the molecule is N#Cc1ccc(/C=N\N=C2/C(=O)N(Cc3ccccc3)c3ccccc32)cc1. The summed E-state index contributed by atoms with van der Waals surface area (Å²) >= 11 is 0. The molecule has 0 saturated heterocycles. The molecule has 0 bridgehead atoms. The molecular weight excluding hydrogens is 348 g/mol. The second-order valence-electron chi connectivity index (χ2n) is 6.32. The Hall–Kier alpha value is -4.04. The molecule has 5 nitrogen and oxygen atoms in total. The molecule has 3 aromatic rings. The molecule has 4 rings (SSSR count). The van der Waals surface area contributed by atoms with Crippen LogP contribution >= 0.6 is 0 Å². The van der Waals surface area contributed by atoms with E-state index in [0.717, 1.165) is 22.4 Å². The highest BCUT2D eigenvalue weighted by molar-refractivity contribution is 6.54. The molecule has 0 spiro atoms. The molecule has 0 unspecified atom stereocenters. The third-order valence-corrected chi connectivity index (χ3v) is 4.49. The van der Waals surface area contributed by atoms with Crippen molar-refractivity contribution in [1.82, 2.24) is 0 Å². The van der Waals surface area contributed by atoms with Crippen LogP contribution < -0.4 is 4.90 Å². The molecule has 1 amide bonds. The van der Waals surface area contributed by atoms with Gasteiger partial charge < -0.3 is 4.90 Å². The Balaban J connectivity index is 1.62. The minimum absolute atomic E-state index is 0.165. The molecule has 1 aliphatic rings. The van der Waals surface area contributed by atoms with Gasteiger partial charge in [-0.05, 0) is 29.3 Å². The van der Waals surface area contributed by atoms with E-state index >= 15 is 0 Å². The van der Waals surface area contributed by atoms with Crippen LogP contribution in [-0.2, 0) is 11.3 Å². The standard InChI is InChI=1S/C23H16N4O/c24-14-17-10-12-18(13-11-17)15-25-26-22-20-8-4-5-9-21(20)27(23(22)28)16-19-6-2-1-3-7-19/h1-13,15H,16H2/b25-15-,26-22-. The van der Waals surface area contributed by atoms with Crippen LogP contribution in [0.1, 0.15) is 22.3 Å². The van der Waals surface area contributed by atoms with Crippen LogP contribution in [-0.4, -0.2) is 17.8 Å². The fraction of sp³-hybridized carbons (Fsp3) is 0.0435. The van der Waals surface area contributed by atoms with Crippen molar-refractivity contribution in [3.05, 3.63) is 101 Å². The molecule has 1 aliphatic heterocycles. The van der Waals surface area contributed by atoms with Crippen molar-refractivity contribution in [2.45, 2.75) is 6.54 Å². The topological polar surface area (TPSA) is 68.8 Å².